The molecule has 0 aliphatic heterocycles. The fourth-order valence-corrected chi connectivity index (χ4v) is 4.63. The Morgan fingerprint density at radius 2 is 1.74 bits per heavy atom. The van der Waals surface area contributed by atoms with Crippen LogP contribution in [-0.4, -0.2) is 29.1 Å². The third kappa shape index (κ3) is 3.87. The fraction of sp³-hybridized carbons (Fsp3) is 0.192. The molecule has 5 nitrogen and oxygen atoms in total. The first-order valence-electron chi connectivity index (χ1n) is 10.9. The zero-order chi connectivity index (χ0) is 25.0. The molecule has 2 N–H and O–H groups in total. The predicted octanol–water partition coefficient (Wildman–Crippen LogP) is 6.65. The molecule has 1 aromatic heterocycles. The first kappa shape index (κ1) is 23.1. The lowest BCUT2D eigenvalue weighted by atomic mass is 9.93. The molecule has 0 bridgehead atoms. The first-order chi connectivity index (χ1) is 16.6. The molecule has 0 radical (unpaired) electrons. The van der Waals surface area contributed by atoms with Crippen molar-refractivity contribution in [1.29, 1.82) is 10.8 Å². The normalized spacial score (nSPS) is 14.7. The van der Waals surface area contributed by atoms with Crippen LogP contribution in [0.1, 0.15) is 18.4 Å². The van der Waals surface area contributed by atoms with Crippen LogP contribution in [-0.2, 0) is 5.41 Å². The van der Waals surface area contributed by atoms with Gasteiger partial charge in [0.25, 0.3) is 0 Å². The molecular weight excluding hydrogens is 475 g/mol. The summed E-state index contributed by atoms with van der Waals surface area (Å²) in [5.41, 5.74) is 1.53. The van der Waals surface area contributed by atoms with E-state index in [0.29, 0.717) is 27.3 Å². The number of rotatable bonds is 5. The van der Waals surface area contributed by atoms with E-state index in [9.17, 15) is 13.2 Å². The number of aromatic nitrogens is 2. The van der Waals surface area contributed by atoms with Gasteiger partial charge in [-0.2, -0.15) is 18.2 Å². The van der Waals surface area contributed by atoms with E-state index in [0.717, 1.165) is 23.2 Å². The maximum Gasteiger partial charge on any atom is 0.398 e. The minimum atomic E-state index is -4.24. The van der Waals surface area contributed by atoms with Gasteiger partial charge in [0.05, 0.1) is 17.3 Å². The number of fused-ring (bicyclic) bond motifs is 1. The highest BCUT2D eigenvalue weighted by atomic mass is 35.5. The maximum absolute atomic E-state index is 13.5. The summed E-state index contributed by atoms with van der Waals surface area (Å²) in [7, 11) is 1.83. The number of halogens is 4. The van der Waals surface area contributed by atoms with Gasteiger partial charge in [-0.25, -0.2) is 0 Å². The van der Waals surface area contributed by atoms with Crippen LogP contribution in [0.5, 0.6) is 0 Å². The molecule has 4 aromatic rings. The Hall–Kier alpha value is -3.65. The Kier molecular flexibility index (Phi) is 5.44. The van der Waals surface area contributed by atoms with Crippen molar-refractivity contribution in [2.75, 3.05) is 11.9 Å². The van der Waals surface area contributed by atoms with Gasteiger partial charge in [0.2, 0.25) is 5.62 Å². The molecule has 1 heterocycles. The zero-order valence-electron chi connectivity index (χ0n) is 18.7. The molecule has 0 unspecified atom stereocenters. The molecule has 5 rings (SSSR count). The van der Waals surface area contributed by atoms with Gasteiger partial charge >= 0.3 is 6.18 Å². The van der Waals surface area contributed by atoms with Crippen molar-refractivity contribution in [2.24, 2.45) is 0 Å². The van der Waals surface area contributed by atoms with Gasteiger partial charge in [-0.05, 0) is 59.9 Å². The summed E-state index contributed by atoms with van der Waals surface area (Å²) >= 11 is 6.16. The Labute approximate surface area is 204 Å². The van der Waals surface area contributed by atoms with Crippen LogP contribution in [0.2, 0.25) is 5.02 Å². The third-order valence-corrected chi connectivity index (χ3v) is 6.88. The van der Waals surface area contributed by atoms with Gasteiger partial charge in [-0.1, -0.05) is 48.0 Å². The quantitative estimate of drug-likeness (QED) is 0.240. The largest absolute Gasteiger partial charge is 0.398 e. The molecule has 3 aromatic carbocycles. The van der Waals surface area contributed by atoms with E-state index in [1.165, 1.54) is 4.57 Å². The number of alkyl halides is 3. The van der Waals surface area contributed by atoms with Gasteiger partial charge in [0.1, 0.15) is 5.82 Å². The van der Waals surface area contributed by atoms with E-state index < -0.39 is 11.6 Å². The van der Waals surface area contributed by atoms with Gasteiger partial charge in [-0.3, -0.25) is 15.4 Å². The molecule has 178 valence electrons. The average molecular weight is 496 g/mol. The highest BCUT2D eigenvalue weighted by Gasteiger charge is 2.64. The Balaban J connectivity index is 1.52. The van der Waals surface area contributed by atoms with Crippen LogP contribution in [0.3, 0.4) is 0 Å². The molecule has 0 amide bonds. The van der Waals surface area contributed by atoms with Crippen LogP contribution >= 0.6 is 11.6 Å². The smallest absolute Gasteiger partial charge is 0.329 e. The monoisotopic (exact) mass is 495 g/mol. The van der Waals surface area contributed by atoms with E-state index >= 15 is 0 Å². The summed E-state index contributed by atoms with van der Waals surface area (Å²) in [5, 5.41) is 17.1. The van der Waals surface area contributed by atoms with Gasteiger partial charge in [-0.15, -0.1) is 0 Å². The molecule has 1 aliphatic rings. The second-order valence-electron chi connectivity index (χ2n) is 8.69. The van der Waals surface area contributed by atoms with Crippen LogP contribution < -0.4 is 10.5 Å². The zero-order valence-corrected chi connectivity index (χ0v) is 19.5. The third-order valence-electron chi connectivity index (χ3n) is 6.64. The van der Waals surface area contributed by atoms with Crippen LogP contribution in [0, 0.1) is 10.8 Å². The average Bonchev–Trinajstić information content (AvgIpc) is 3.66. The van der Waals surface area contributed by atoms with Crippen molar-refractivity contribution in [3.63, 3.8) is 0 Å². The molecular formula is C26H21ClF3N5. The minimum Gasteiger partial charge on any atom is -0.329 e. The Bertz CT molecular complexity index is 1500. The fourth-order valence-electron chi connectivity index (χ4n) is 4.47. The first-order valence-corrected chi connectivity index (χ1v) is 11.3. The van der Waals surface area contributed by atoms with Crippen molar-refractivity contribution >= 4 is 40.3 Å². The number of nitrogens with one attached hydrogen (secondary N) is 2. The highest BCUT2D eigenvalue weighted by Crippen LogP contribution is 2.59. The number of anilines is 2. The molecule has 1 fully saturated rings. The number of hydrogen-bond acceptors (Lipinski definition) is 4. The van der Waals surface area contributed by atoms with E-state index in [1.54, 1.807) is 42.5 Å². The van der Waals surface area contributed by atoms with Gasteiger partial charge < -0.3 is 4.90 Å². The SMILES string of the molecule is CN(c1cccc(-c2ccc(C3(C(F)(F)F)CC3)cc2)c1)c1nc(=N)n(C=N)c2cc(Cl)ccc12. The van der Waals surface area contributed by atoms with Crippen LogP contribution in [0.15, 0.2) is 66.7 Å². The van der Waals surface area contributed by atoms with Gasteiger partial charge in [0, 0.05) is 23.1 Å². The number of nitrogens with zero attached hydrogens (tertiary/aromatic N) is 3. The van der Waals surface area contributed by atoms with E-state index in [4.69, 9.17) is 22.4 Å². The van der Waals surface area contributed by atoms with Crippen molar-refractivity contribution < 1.29 is 13.2 Å². The number of benzene rings is 3. The van der Waals surface area contributed by atoms with Crippen molar-refractivity contribution in [1.82, 2.24) is 9.55 Å². The summed E-state index contributed by atoms with van der Waals surface area (Å²) in [5.74, 6) is 0.521. The lowest BCUT2D eigenvalue weighted by Crippen LogP contribution is -2.28. The molecule has 0 saturated heterocycles. The minimum absolute atomic E-state index is 0.109. The molecule has 1 aliphatic carbocycles. The predicted molar refractivity (Wildman–Crippen MR) is 132 cm³/mol. The Morgan fingerprint density at radius 1 is 1.03 bits per heavy atom. The summed E-state index contributed by atoms with van der Waals surface area (Å²) in [6.45, 7) is 0. The summed E-state index contributed by atoms with van der Waals surface area (Å²) in [6, 6.07) is 19.4. The molecule has 0 spiro atoms. The lowest BCUT2D eigenvalue weighted by molar-refractivity contribution is -0.160. The van der Waals surface area contributed by atoms with E-state index in [-0.39, 0.29) is 18.5 Å². The molecule has 35 heavy (non-hydrogen) atoms. The summed E-state index contributed by atoms with van der Waals surface area (Å²) < 4.78 is 41.8. The summed E-state index contributed by atoms with van der Waals surface area (Å²) in [6.07, 6.45) is -2.95. The summed E-state index contributed by atoms with van der Waals surface area (Å²) in [4.78, 5) is 6.24. The molecule has 1 saturated carbocycles. The van der Waals surface area contributed by atoms with Crippen molar-refractivity contribution in [3.8, 4) is 11.1 Å². The Morgan fingerprint density at radius 3 is 2.37 bits per heavy atom. The van der Waals surface area contributed by atoms with Gasteiger partial charge in [0.15, 0.2) is 0 Å². The number of hydrogen-bond donors (Lipinski definition) is 2. The second-order valence-corrected chi connectivity index (χ2v) is 9.12. The maximum atomic E-state index is 13.5. The molecule has 9 heteroatoms. The topological polar surface area (TPSA) is 68.8 Å². The second kappa shape index (κ2) is 8.23. The van der Waals surface area contributed by atoms with Crippen LogP contribution in [0.4, 0.5) is 24.7 Å². The highest BCUT2D eigenvalue weighted by molar-refractivity contribution is 6.31. The van der Waals surface area contributed by atoms with Crippen LogP contribution in [0.25, 0.3) is 22.0 Å². The standard InChI is InChI=1S/C26H21ClF3N5/c1-34(23-21-10-9-19(27)14-22(21)35(15-31)24(32)33-23)20-4-2-3-17(13-20)16-5-7-18(8-6-16)25(11-12-25)26(28,29)30/h2-10,13-15,31-32H,11-12H2,1H3. The van der Waals surface area contributed by atoms with Crippen molar-refractivity contribution in [2.45, 2.75) is 24.4 Å². The molecule has 0 atom stereocenters. The van der Waals surface area contributed by atoms with E-state index in [1.807, 2.05) is 36.2 Å². The van der Waals surface area contributed by atoms with Crippen molar-refractivity contribution in [3.05, 3.63) is 82.9 Å². The lowest BCUT2D eigenvalue weighted by Gasteiger charge is -2.22. The van der Waals surface area contributed by atoms with E-state index in [2.05, 4.69) is 4.98 Å².